The molecule has 2 rings (SSSR count). The monoisotopic (exact) mass is 370 g/mol. The Bertz CT molecular complexity index is 658. The molecule has 0 aromatic heterocycles. The Morgan fingerprint density at radius 3 is 2.33 bits per heavy atom. The summed E-state index contributed by atoms with van der Waals surface area (Å²) < 4.78 is 11.3. The molecule has 0 aliphatic rings. The minimum Gasteiger partial charge on any atom is -0.493 e. The van der Waals surface area contributed by atoms with Gasteiger partial charge in [0.15, 0.2) is 11.5 Å². The molecule has 21 heavy (non-hydrogen) atoms. The zero-order valence-electron chi connectivity index (χ0n) is 12.0. The van der Waals surface area contributed by atoms with Gasteiger partial charge in [-0.25, -0.2) is 0 Å². The molecule has 0 spiro atoms. The van der Waals surface area contributed by atoms with E-state index in [0.29, 0.717) is 22.1 Å². The predicted octanol–water partition coefficient (Wildman–Crippen LogP) is 4.51. The van der Waals surface area contributed by atoms with Crippen LogP contribution in [0.3, 0.4) is 0 Å². The third-order valence-electron chi connectivity index (χ3n) is 3.34. The molecule has 1 atom stereocenters. The maximum absolute atomic E-state index is 10.7. The number of rotatable bonds is 4. The smallest absolute Gasteiger partial charge is 0.161 e. The highest BCUT2D eigenvalue weighted by molar-refractivity contribution is 9.10. The topological polar surface area (TPSA) is 38.7 Å². The molecule has 2 aromatic rings. The molecule has 0 heterocycles. The van der Waals surface area contributed by atoms with Gasteiger partial charge >= 0.3 is 0 Å². The van der Waals surface area contributed by atoms with Gasteiger partial charge in [0.1, 0.15) is 6.10 Å². The average molecular weight is 372 g/mol. The molecule has 0 aliphatic heterocycles. The van der Waals surface area contributed by atoms with E-state index in [1.807, 2.05) is 25.1 Å². The molecular formula is C16H16BrClO3. The Labute approximate surface area is 137 Å². The number of ether oxygens (including phenoxy) is 2. The Morgan fingerprint density at radius 1 is 1.10 bits per heavy atom. The van der Waals surface area contributed by atoms with Crippen molar-refractivity contribution in [3.63, 3.8) is 0 Å². The number of halogens is 2. The highest BCUT2D eigenvalue weighted by atomic mass is 79.9. The van der Waals surface area contributed by atoms with Gasteiger partial charge in [-0.2, -0.15) is 0 Å². The second kappa shape index (κ2) is 6.69. The van der Waals surface area contributed by atoms with Gasteiger partial charge in [0, 0.05) is 10.0 Å². The van der Waals surface area contributed by atoms with Crippen LogP contribution in [0.15, 0.2) is 34.8 Å². The second-order valence-electron chi connectivity index (χ2n) is 4.61. The van der Waals surface area contributed by atoms with Crippen molar-refractivity contribution >= 4 is 27.5 Å². The van der Waals surface area contributed by atoms with Crippen LogP contribution in [0.1, 0.15) is 22.8 Å². The van der Waals surface area contributed by atoms with Gasteiger partial charge in [0.25, 0.3) is 0 Å². The lowest BCUT2D eigenvalue weighted by atomic mass is 9.97. The Morgan fingerprint density at radius 2 is 1.71 bits per heavy atom. The fraction of sp³-hybridized carbons (Fsp3) is 0.250. The fourth-order valence-electron chi connectivity index (χ4n) is 2.19. The SMILES string of the molecule is COc1cc(C)c(C(O)c2cccc(Br)c2Cl)cc1OC. The van der Waals surface area contributed by atoms with Gasteiger partial charge in [-0.05, 0) is 52.2 Å². The van der Waals surface area contributed by atoms with Crippen LogP contribution >= 0.6 is 27.5 Å². The molecular weight excluding hydrogens is 356 g/mol. The van der Waals surface area contributed by atoms with Gasteiger partial charge in [-0.15, -0.1) is 0 Å². The molecule has 112 valence electrons. The third kappa shape index (κ3) is 3.18. The van der Waals surface area contributed by atoms with Crippen LogP contribution in [0, 0.1) is 6.92 Å². The first-order chi connectivity index (χ1) is 9.99. The van der Waals surface area contributed by atoms with Crippen LogP contribution in [0.2, 0.25) is 5.02 Å². The van der Waals surface area contributed by atoms with E-state index >= 15 is 0 Å². The molecule has 0 saturated heterocycles. The lowest BCUT2D eigenvalue weighted by Crippen LogP contribution is -2.04. The number of methoxy groups -OCH3 is 2. The summed E-state index contributed by atoms with van der Waals surface area (Å²) >= 11 is 9.63. The maximum atomic E-state index is 10.7. The van der Waals surface area contributed by atoms with Gasteiger partial charge in [-0.1, -0.05) is 23.7 Å². The molecule has 0 radical (unpaired) electrons. The maximum Gasteiger partial charge on any atom is 0.161 e. The number of benzene rings is 2. The second-order valence-corrected chi connectivity index (χ2v) is 5.84. The quantitative estimate of drug-likeness (QED) is 0.859. The van der Waals surface area contributed by atoms with Crippen LogP contribution in [-0.2, 0) is 0 Å². The minimum absolute atomic E-state index is 0.499. The van der Waals surface area contributed by atoms with Crippen molar-refractivity contribution in [2.24, 2.45) is 0 Å². The van der Waals surface area contributed by atoms with E-state index < -0.39 is 6.10 Å². The fourth-order valence-corrected chi connectivity index (χ4v) is 2.80. The van der Waals surface area contributed by atoms with Crippen LogP contribution in [-0.4, -0.2) is 19.3 Å². The van der Waals surface area contributed by atoms with E-state index in [0.717, 1.165) is 15.6 Å². The van der Waals surface area contributed by atoms with Gasteiger partial charge in [-0.3, -0.25) is 0 Å². The largest absolute Gasteiger partial charge is 0.493 e. The van der Waals surface area contributed by atoms with Crippen molar-refractivity contribution in [1.82, 2.24) is 0 Å². The first-order valence-corrected chi connectivity index (χ1v) is 7.51. The highest BCUT2D eigenvalue weighted by Gasteiger charge is 2.19. The van der Waals surface area contributed by atoms with Crippen molar-refractivity contribution in [3.8, 4) is 11.5 Å². The van der Waals surface area contributed by atoms with E-state index in [1.165, 1.54) is 0 Å². The Kier molecular flexibility index (Phi) is 5.14. The Hall–Kier alpha value is -1.23. The molecule has 0 fully saturated rings. The average Bonchev–Trinajstić information content (AvgIpc) is 2.49. The number of aliphatic hydroxyl groups is 1. The third-order valence-corrected chi connectivity index (χ3v) is 4.65. The summed E-state index contributed by atoms with van der Waals surface area (Å²) in [5, 5.41) is 11.2. The predicted molar refractivity (Wildman–Crippen MR) is 87.5 cm³/mol. The van der Waals surface area contributed by atoms with E-state index in [-0.39, 0.29) is 0 Å². The highest BCUT2D eigenvalue weighted by Crippen LogP contribution is 2.38. The summed E-state index contributed by atoms with van der Waals surface area (Å²) in [6.45, 7) is 1.91. The van der Waals surface area contributed by atoms with Crippen molar-refractivity contribution in [2.45, 2.75) is 13.0 Å². The zero-order valence-corrected chi connectivity index (χ0v) is 14.3. The summed E-state index contributed by atoms with van der Waals surface area (Å²) in [5.74, 6) is 1.20. The molecule has 2 aromatic carbocycles. The molecule has 0 amide bonds. The summed E-state index contributed by atoms with van der Waals surface area (Å²) in [7, 11) is 3.15. The van der Waals surface area contributed by atoms with Gasteiger partial charge in [0.2, 0.25) is 0 Å². The van der Waals surface area contributed by atoms with E-state index in [1.54, 1.807) is 26.4 Å². The van der Waals surface area contributed by atoms with Crippen LogP contribution < -0.4 is 9.47 Å². The van der Waals surface area contributed by atoms with E-state index in [9.17, 15) is 5.11 Å². The zero-order chi connectivity index (χ0) is 15.6. The van der Waals surface area contributed by atoms with Crippen LogP contribution in [0.4, 0.5) is 0 Å². The normalized spacial score (nSPS) is 12.1. The van der Waals surface area contributed by atoms with Crippen molar-refractivity contribution in [2.75, 3.05) is 14.2 Å². The first kappa shape index (κ1) is 16.1. The van der Waals surface area contributed by atoms with Crippen LogP contribution in [0.25, 0.3) is 0 Å². The molecule has 0 aliphatic carbocycles. The summed E-state index contributed by atoms with van der Waals surface area (Å²) in [5.41, 5.74) is 2.27. The summed E-state index contributed by atoms with van der Waals surface area (Å²) in [6, 6.07) is 9.08. The lowest BCUT2D eigenvalue weighted by Gasteiger charge is -2.18. The van der Waals surface area contributed by atoms with Gasteiger partial charge < -0.3 is 14.6 Å². The van der Waals surface area contributed by atoms with Crippen molar-refractivity contribution in [1.29, 1.82) is 0 Å². The van der Waals surface area contributed by atoms with Crippen molar-refractivity contribution < 1.29 is 14.6 Å². The molecule has 1 unspecified atom stereocenters. The van der Waals surface area contributed by atoms with Crippen molar-refractivity contribution in [3.05, 3.63) is 56.5 Å². The number of aryl methyl sites for hydroxylation is 1. The molecule has 0 saturated carbocycles. The lowest BCUT2D eigenvalue weighted by molar-refractivity contribution is 0.218. The summed E-state index contributed by atoms with van der Waals surface area (Å²) in [4.78, 5) is 0. The number of aliphatic hydroxyl groups excluding tert-OH is 1. The molecule has 5 heteroatoms. The number of hydrogen-bond donors (Lipinski definition) is 1. The molecule has 1 N–H and O–H groups in total. The van der Waals surface area contributed by atoms with Gasteiger partial charge in [0.05, 0.1) is 19.2 Å². The van der Waals surface area contributed by atoms with Crippen LogP contribution in [0.5, 0.6) is 11.5 Å². The Balaban J connectivity index is 2.53. The van der Waals surface area contributed by atoms with E-state index in [4.69, 9.17) is 21.1 Å². The van der Waals surface area contributed by atoms with E-state index in [2.05, 4.69) is 15.9 Å². The molecule has 3 nitrogen and oxygen atoms in total. The first-order valence-electron chi connectivity index (χ1n) is 6.34. The summed E-state index contributed by atoms with van der Waals surface area (Å²) in [6.07, 6.45) is -0.838. The standard InChI is InChI=1S/C16H16BrClO3/c1-9-7-13(20-2)14(21-3)8-11(9)16(19)10-5-4-6-12(17)15(10)18/h4-8,16,19H,1-3H3. The molecule has 0 bridgehead atoms. The number of hydrogen-bond acceptors (Lipinski definition) is 3. The minimum atomic E-state index is -0.838.